The Balaban J connectivity index is 1.81. The first kappa shape index (κ1) is 15.3. The largest absolute Gasteiger partial charge is 0.352 e. The highest BCUT2D eigenvalue weighted by atomic mass is 32.2. The van der Waals surface area contributed by atoms with Gasteiger partial charge in [-0.3, -0.25) is 4.79 Å². The molecule has 1 aliphatic carbocycles. The summed E-state index contributed by atoms with van der Waals surface area (Å²) in [7, 11) is 0. The lowest BCUT2D eigenvalue weighted by Crippen LogP contribution is -2.41. The Bertz CT molecular complexity index is 448. The van der Waals surface area contributed by atoms with Crippen LogP contribution in [0, 0.1) is 5.92 Å². The third kappa shape index (κ3) is 3.94. The maximum atomic E-state index is 12.0. The van der Waals surface area contributed by atoms with Crippen molar-refractivity contribution in [3.8, 4) is 0 Å². The molecule has 0 spiro atoms. The van der Waals surface area contributed by atoms with Crippen molar-refractivity contribution in [2.24, 2.45) is 5.92 Å². The summed E-state index contributed by atoms with van der Waals surface area (Å²) in [5.41, 5.74) is 0. The van der Waals surface area contributed by atoms with E-state index in [4.69, 9.17) is 0 Å². The number of rotatable bonds is 5. The van der Waals surface area contributed by atoms with E-state index in [2.05, 4.69) is 27.8 Å². The molecule has 2 atom stereocenters. The van der Waals surface area contributed by atoms with Crippen molar-refractivity contribution >= 4 is 17.7 Å². The van der Waals surface area contributed by atoms with Gasteiger partial charge >= 0.3 is 0 Å². The zero-order valence-electron chi connectivity index (χ0n) is 12.4. The number of aromatic nitrogens is 4. The molecular weight excluding hydrogens is 274 g/mol. The summed E-state index contributed by atoms with van der Waals surface area (Å²) in [6, 6.07) is 0.534. The fourth-order valence-corrected chi connectivity index (χ4v) is 3.33. The predicted molar refractivity (Wildman–Crippen MR) is 78.5 cm³/mol. The van der Waals surface area contributed by atoms with Crippen molar-refractivity contribution in [1.82, 2.24) is 25.5 Å². The van der Waals surface area contributed by atoms with Gasteiger partial charge in [0.1, 0.15) is 0 Å². The Labute approximate surface area is 124 Å². The van der Waals surface area contributed by atoms with Gasteiger partial charge < -0.3 is 5.32 Å². The molecule has 1 fully saturated rings. The molecule has 1 aromatic heterocycles. The predicted octanol–water partition coefficient (Wildman–Crippen LogP) is 2.04. The summed E-state index contributed by atoms with van der Waals surface area (Å²) in [4.78, 5) is 12.0. The van der Waals surface area contributed by atoms with Crippen LogP contribution in [0.15, 0.2) is 5.16 Å². The van der Waals surface area contributed by atoms with Crippen molar-refractivity contribution in [3.63, 3.8) is 0 Å². The first-order valence-corrected chi connectivity index (χ1v) is 8.26. The van der Waals surface area contributed by atoms with Gasteiger partial charge in [0.25, 0.3) is 0 Å². The van der Waals surface area contributed by atoms with Crippen LogP contribution < -0.4 is 5.32 Å². The van der Waals surface area contributed by atoms with E-state index in [1.807, 2.05) is 13.8 Å². The molecule has 1 heterocycles. The lowest BCUT2D eigenvalue weighted by atomic mass is 9.86. The molecule has 0 aliphatic heterocycles. The van der Waals surface area contributed by atoms with Crippen molar-refractivity contribution in [3.05, 3.63) is 0 Å². The van der Waals surface area contributed by atoms with Gasteiger partial charge in [0.05, 0.1) is 11.8 Å². The number of nitrogens with zero attached hydrogens (tertiary/aromatic N) is 4. The number of tetrazole rings is 1. The second-order valence-electron chi connectivity index (χ2n) is 5.72. The molecule has 112 valence electrons. The third-order valence-electron chi connectivity index (χ3n) is 3.74. The van der Waals surface area contributed by atoms with Gasteiger partial charge in [-0.1, -0.05) is 31.5 Å². The van der Waals surface area contributed by atoms with Gasteiger partial charge in [-0.2, -0.15) is 0 Å². The lowest BCUT2D eigenvalue weighted by molar-refractivity contribution is -0.119. The first-order valence-electron chi connectivity index (χ1n) is 7.28. The summed E-state index contributed by atoms with van der Waals surface area (Å²) in [5, 5.41) is 15.4. The van der Waals surface area contributed by atoms with E-state index in [-0.39, 0.29) is 11.9 Å². The maximum Gasteiger partial charge on any atom is 0.230 e. The highest BCUT2D eigenvalue weighted by molar-refractivity contribution is 7.99. The van der Waals surface area contributed by atoms with E-state index in [1.165, 1.54) is 31.0 Å². The van der Waals surface area contributed by atoms with Crippen LogP contribution in [0.2, 0.25) is 0 Å². The monoisotopic (exact) mass is 297 g/mol. The number of hydrogen-bond donors (Lipinski definition) is 1. The van der Waals surface area contributed by atoms with Gasteiger partial charge in [0.2, 0.25) is 11.1 Å². The van der Waals surface area contributed by atoms with Crippen LogP contribution >= 0.6 is 11.8 Å². The second kappa shape index (κ2) is 7.06. The molecule has 2 rings (SSSR count). The van der Waals surface area contributed by atoms with Crippen LogP contribution in [0.25, 0.3) is 0 Å². The molecule has 1 saturated carbocycles. The molecule has 0 unspecified atom stereocenters. The Hall–Kier alpha value is -1.11. The molecule has 1 amide bonds. The third-order valence-corrected chi connectivity index (χ3v) is 4.68. The fraction of sp³-hybridized carbons (Fsp3) is 0.846. The average Bonchev–Trinajstić information content (AvgIpc) is 2.88. The number of hydrogen-bond acceptors (Lipinski definition) is 5. The standard InChI is InChI=1S/C13H23N5OS/c1-9(2)18-13(15-16-17-18)20-8-12(19)14-11-7-5-4-6-10(11)3/h9-11H,4-8H2,1-3H3,(H,14,19)/t10-,11+/m1/s1. The number of carbonyl (C=O) groups excluding carboxylic acids is 1. The number of thioether (sulfide) groups is 1. The van der Waals surface area contributed by atoms with Crippen LogP contribution in [0.3, 0.4) is 0 Å². The molecule has 7 heteroatoms. The molecule has 1 N–H and O–H groups in total. The van der Waals surface area contributed by atoms with E-state index >= 15 is 0 Å². The van der Waals surface area contributed by atoms with E-state index in [1.54, 1.807) is 4.68 Å². The molecule has 1 aliphatic rings. The first-order chi connectivity index (χ1) is 9.58. The van der Waals surface area contributed by atoms with Gasteiger partial charge in [0.15, 0.2) is 0 Å². The van der Waals surface area contributed by atoms with Crippen LogP contribution in [0.1, 0.15) is 52.5 Å². The molecule has 0 saturated heterocycles. The van der Waals surface area contributed by atoms with E-state index in [0.717, 1.165) is 6.42 Å². The smallest absolute Gasteiger partial charge is 0.230 e. The summed E-state index contributed by atoms with van der Waals surface area (Å²) in [5.74, 6) is 1.03. The van der Waals surface area contributed by atoms with Gasteiger partial charge in [0, 0.05) is 6.04 Å². The summed E-state index contributed by atoms with van der Waals surface area (Å²) in [6.45, 7) is 6.25. The molecule has 20 heavy (non-hydrogen) atoms. The second-order valence-corrected chi connectivity index (χ2v) is 6.67. The summed E-state index contributed by atoms with van der Waals surface area (Å²) >= 11 is 1.39. The van der Waals surface area contributed by atoms with Crippen LogP contribution in [0.4, 0.5) is 0 Å². The van der Waals surface area contributed by atoms with Crippen LogP contribution in [-0.2, 0) is 4.79 Å². The highest BCUT2D eigenvalue weighted by Crippen LogP contribution is 2.24. The fourth-order valence-electron chi connectivity index (χ4n) is 2.51. The number of amides is 1. The molecule has 0 aromatic carbocycles. The lowest BCUT2D eigenvalue weighted by Gasteiger charge is -2.29. The zero-order valence-corrected chi connectivity index (χ0v) is 13.2. The minimum atomic E-state index is 0.0760. The van der Waals surface area contributed by atoms with Crippen LogP contribution in [0.5, 0.6) is 0 Å². The molecule has 0 bridgehead atoms. The average molecular weight is 297 g/mol. The minimum Gasteiger partial charge on any atom is -0.352 e. The van der Waals surface area contributed by atoms with Crippen molar-refractivity contribution in [2.45, 2.75) is 63.7 Å². The van der Waals surface area contributed by atoms with Gasteiger partial charge in [-0.05, 0) is 43.0 Å². The minimum absolute atomic E-state index is 0.0760. The number of carbonyl (C=O) groups is 1. The van der Waals surface area contributed by atoms with Gasteiger partial charge in [-0.15, -0.1) is 5.10 Å². The summed E-state index contributed by atoms with van der Waals surface area (Å²) < 4.78 is 1.74. The Morgan fingerprint density at radius 3 is 2.90 bits per heavy atom. The van der Waals surface area contributed by atoms with Crippen molar-refractivity contribution in [1.29, 1.82) is 0 Å². The molecular formula is C13H23N5OS. The normalized spacial score (nSPS) is 23.0. The SMILES string of the molecule is CC(C)n1nnnc1SCC(=O)N[C@H]1CCCC[C@H]1C. The molecule has 1 aromatic rings. The highest BCUT2D eigenvalue weighted by Gasteiger charge is 2.23. The van der Waals surface area contributed by atoms with E-state index in [9.17, 15) is 4.79 Å². The van der Waals surface area contributed by atoms with Gasteiger partial charge in [-0.25, -0.2) is 4.68 Å². The Morgan fingerprint density at radius 2 is 2.20 bits per heavy atom. The quantitative estimate of drug-likeness (QED) is 0.842. The van der Waals surface area contributed by atoms with Crippen LogP contribution in [-0.4, -0.2) is 37.9 Å². The van der Waals surface area contributed by atoms with Crippen molar-refractivity contribution < 1.29 is 4.79 Å². The van der Waals surface area contributed by atoms with E-state index in [0.29, 0.717) is 22.9 Å². The zero-order chi connectivity index (χ0) is 14.5. The summed E-state index contributed by atoms with van der Waals surface area (Å²) in [6.07, 6.45) is 4.81. The molecule has 0 radical (unpaired) electrons. The van der Waals surface area contributed by atoms with Crippen molar-refractivity contribution in [2.75, 3.05) is 5.75 Å². The van der Waals surface area contributed by atoms with E-state index < -0.39 is 0 Å². The molecule has 6 nitrogen and oxygen atoms in total. The Kier molecular flexibility index (Phi) is 5.39. The topological polar surface area (TPSA) is 72.7 Å². The maximum absolute atomic E-state index is 12.0. The number of nitrogens with one attached hydrogen (secondary N) is 1. The Morgan fingerprint density at radius 1 is 1.45 bits per heavy atom.